The monoisotopic (exact) mass is 408 g/mol. The maximum atomic E-state index is 10.5. The fraction of sp³-hybridized carbons (Fsp3) is 0.739. The number of rotatable bonds is 6. The van der Waals surface area contributed by atoms with Gasteiger partial charge in [-0.25, -0.2) is 0 Å². The molecule has 0 aromatic heterocycles. The van der Waals surface area contributed by atoms with Gasteiger partial charge < -0.3 is 14.7 Å². The van der Waals surface area contributed by atoms with Crippen molar-refractivity contribution in [1.82, 2.24) is 4.90 Å². The molecule has 1 N–H and O–H groups in total. The maximum Gasteiger partial charge on any atom is 0.0900 e. The van der Waals surface area contributed by atoms with Gasteiger partial charge in [-0.2, -0.15) is 0 Å². The quantitative estimate of drug-likeness (QED) is 0.758. The molecule has 5 heteroatoms. The summed E-state index contributed by atoms with van der Waals surface area (Å²) in [6.07, 6.45) is 3.36. The second-order valence-corrected chi connectivity index (χ2v) is 10.2. The third kappa shape index (κ3) is 6.09. The van der Waals surface area contributed by atoms with Crippen LogP contribution in [0.3, 0.4) is 0 Å². The molecule has 0 unspecified atom stereocenters. The van der Waals surface area contributed by atoms with Crippen LogP contribution in [0.15, 0.2) is 18.2 Å². The zero-order valence-electron chi connectivity index (χ0n) is 18.0. The highest BCUT2D eigenvalue weighted by Gasteiger charge is 2.33. The predicted octanol–water partition coefficient (Wildman–Crippen LogP) is 4.36. The second-order valence-electron chi connectivity index (χ2n) is 9.74. The van der Waals surface area contributed by atoms with Crippen molar-refractivity contribution in [3.63, 3.8) is 0 Å². The fourth-order valence-corrected chi connectivity index (χ4v) is 5.24. The highest BCUT2D eigenvalue weighted by molar-refractivity contribution is 6.30. The van der Waals surface area contributed by atoms with E-state index in [-0.39, 0.29) is 6.10 Å². The molecule has 2 fully saturated rings. The Kier molecular flexibility index (Phi) is 7.30. The van der Waals surface area contributed by atoms with Gasteiger partial charge in [0.25, 0.3) is 0 Å². The van der Waals surface area contributed by atoms with E-state index in [1.807, 2.05) is 6.07 Å². The number of nitrogens with zero attached hydrogens (tertiary/aromatic N) is 2. The average Bonchev–Trinajstić information content (AvgIpc) is 2.61. The van der Waals surface area contributed by atoms with Crippen molar-refractivity contribution in [2.24, 2.45) is 11.3 Å². The molecular weight excluding hydrogens is 372 g/mol. The van der Waals surface area contributed by atoms with Crippen molar-refractivity contribution < 1.29 is 9.84 Å². The van der Waals surface area contributed by atoms with Crippen LogP contribution in [0.2, 0.25) is 5.02 Å². The minimum atomic E-state index is -0.417. The summed E-state index contributed by atoms with van der Waals surface area (Å²) >= 11 is 6.17. The normalized spacial score (nSPS) is 27.0. The van der Waals surface area contributed by atoms with Gasteiger partial charge in [-0.1, -0.05) is 38.4 Å². The Balaban J connectivity index is 1.41. The van der Waals surface area contributed by atoms with E-state index in [9.17, 15) is 5.11 Å². The lowest BCUT2D eigenvalue weighted by Crippen LogP contribution is -2.49. The Hall–Kier alpha value is -0.810. The molecule has 28 heavy (non-hydrogen) atoms. The van der Waals surface area contributed by atoms with Crippen LogP contribution in [0, 0.1) is 18.3 Å². The van der Waals surface area contributed by atoms with Gasteiger partial charge in [-0.15, -0.1) is 0 Å². The van der Waals surface area contributed by atoms with E-state index in [1.54, 1.807) is 0 Å². The molecule has 2 aliphatic rings. The first-order valence-corrected chi connectivity index (χ1v) is 11.1. The number of benzene rings is 1. The van der Waals surface area contributed by atoms with Crippen LogP contribution in [-0.2, 0) is 4.74 Å². The molecule has 1 aliphatic carbocycles. The number of anilines is 1. The lowest BCUT2D eigenvalue weighted by atomic mass is 9.71. The Morgan fingerprint density at radius 1 is 1.21 bits per heavy atom. The molecule has 158 valence electrons. The van der Waals surface area contributed by atoms with Gasteiger partial charge in [-0.3, -0.25) is 4.90 Å². The number of β-amino-alcohol motifs (C(OH)–C–C–N with tert-alkyl or cyclic N) is 1. The van der Waals surface area contributed by atoms with Crippen LogP contribution in [0.25, 0.3) is 0 Å². The number of aryl methyl sites for hydroxylation is 1. The largest absolute Gasteiger partial charge is 0.389 e. The minimum Gasteiger partial charge on any atom is -0.389 e. The van der Waals surface area contributed by atoms with Crippen molar-refractivity contribution in [3.05, 3.63) is 28.8 Å². The molecule has 1 saturated heterocycles. The Morgan fingerprint density at radius 2 is 1.93 bits per heavy atom. The lowest BCUT2D eigenvalue weighted by molar-refractivity contribution is -0.0615. The molecule has 1 aliphatic heterocycles. The number of piperazine rings is 1. The molecule has 0 bridgehead atoms. The summed E-state index contributed by atoms with van der Waals surface area (Å²) in [5, 5.41) is 11.3. The fourth-order valence-electron chi connectivity index (χ4n) is 5.08. The summed E-state index contributed by atoms with van der Waals surface area (Å²) in [6, 6.07) is 6.08. The first-order valence-electron chi connectivity index (χ1n) is 10.7. The number of hydrogen-bond donors (Lipinski definition) is 1. The van der Waals surface area contributed by atoms with E-state index < -0.39 is 6.10 Å². The van der Waals surface area contributed by atoms with Crippen LogP contribution in [0.4, 0.5) is 5.69 Å². The van der Waals surface area contributed by atoms with E-state index in [0.29, 0.717) is 24.5 Å². The Morgan fingerprint density at radius 3 is 2.61 bits per heavy atom. The highest BCUT2D eigenvalue weighted by atomic mass is 35.5. The van der Waals surface area contributed by atoms with E-state index in [2.05, 4.69) is 49.6 Å². The zero-order chi connectivity index (χ0) is 20.3. The molecule has 1 aromatic rings. The van der Waals surface area contributed by atoms with Gasteiger partial charge in [0.1, 0.15) is 0 Å². The van der Waals surface area contributed by atoms with E-state index in [0.717, 1.165) is 44.0 Å². The van der Waals surface area contributed by atoms with E-state index >= 15 is 0 Å². The van der Waals surface area contributed by atoms with Crippen LogP contribution in [0.1, 0.15) is 45.6 Å². The van der Waals surface area contributed by atoms with Gasteiger partial charge >= 0.3 is 0 Å². The van der Waals surface area contributed by atoms with Gasteiger partial charge in [0.05, 0.1) is 18.8 Å². The minimum absolute atomic E-state index is 0.288. The summed E-state index contributed by atoms with van der Waals surface area (Å²) in [6.45, 7) is 14.1. The number of aliphatic hydroxyl groups is 1. The number of halogens is 1. The molecule has 4 nitrogen and oxygen atoms in total. The van der Waals surface area contributed by atoms with E-state index in [4.69, 9.17) is 16.3 Å². The van der Waals surface area contributed by atoms with Crippen molar-refractivity contribution in [2.45, 2.75) is 59.2 Å². The van der Waals surface area contributed by atoms with Gasteiger partial charge in [-0.05, 0) is 55.2 Å². The van der Waals surface area contributed by atoms with Crippen molar-refractivity contribution >= 4 is 17.3 Å². The van der Waals surface area contributed by atoms with Crippen LogP contribution < -0.4 is 4.90 Å². The average molecular weight is 409 g/mol. The summed E-state index contributed by atoms with van der Waals surface area (Å²) in [7, 11) is 0. The van der Waals surface area contributed by atoms with Gasteiger partial charge in [0.2, 0.25) is 0 Å². The first-order chi connectivity index (χ1) is 13.2. The summed E-state index contributed by atoms with van der Waals surface area (Å²) in [5.41, 5.74) is 2.84. The molecular formula is C23H37ClN2O2. The zero-order valence-corrected chi connectivity index (χ0v) is 18.7. The molecule has 1 saturated carbocycles. The number of aliphatic hydroxyl groups excluding tert-OH is 1. The third-order valence-corrected chi connectivity index (χ3v) is 6.46. The number of hydrogen-bond acceptors (Lipinski definition) is 4. The second kappa shape index (κ2) is 9.34. The Labute approximate surface area is 175 Å². The topological polar surface area (TPSA) is 35.9 Å². The van der Waals surface area contributed by atoms with Crippen LogP contribution >= 0.6 is 11.6 Å². The Bertz CT molecular complexity index is 643. The van der Waals surface area contributed by atoms with Crippen LogP contribution in [0.5, 0.6) is 0 Å². The van der Waals surface area contributed by atoms with Crippen LogP contribution in [-0.4, -0.2) is 61.5 Å². The molecule has 0 radical (unpaired) electrons. The molecule has 3 atom stereocenters. The molecule has 0 spiro atoms. The van der Waals surface area contributed by atoms with Gasteiger partial charge in [0.15, 0.2) is 0 Å². The molecule has 3 rings (SSSR count). The lowest BCUT2D eigenvalue weighted by Gasteiger charge is -2.39. The predicted molar refractivity (Wildman–Crippen MR) is 117 cm³/mol. The summed E-state index contributed by atoms with van der Waals surface area (Å²) < 4.78 is 6.11. The smallest absolute Gasteiger partial charge is 0.0900 e. The van der Waals surface area contributed by atoms with Crippen molar-refractivity contribution in [1.29, 1.82) is 0 Å². The molecule has 1 aromatic carbocycles. The summed E-state index contributed by atoms with van der Waals surface area (Å²) in [5.74, 6) is 0.703. The standard InChI is InChI=1S/C23H37ClN2O2/c1-17-11-21(14-23(3,4)13-17)28-16-20(27)15-25-7-9-26(10-8-25)22-12-19(24)6-5-18(22)2/h5-6,12,17,20-21,27H,7-11,13-16H2,1-4H3/t17-,20+,21+/m1/s1. The van der Waals surface area contributed by atoms with Crippen molar-refractivity contribution in [3.8, 4) is 0 Å². The number of ether oxygens (including phenoxy) is 1. The van der Waals surface area contributed by atoms with Gasteiger partial charge in [0, 0.05) is 43.4 Å². The maximum absolute atomic E-state index is 10.5. The highest BCUT2D eigenvalue weighted by Crippen LogP contribution is 2.39. The first kappa shape index (κ1) is 21.9. The van der Waals surface area contributed by atoms with E-state index in [1.165, 1.54) is 17.7 Å². The third-order valence-electron chi connectivity index (χ3n) is 6.22. The molecule has 1 heterocycles. The SMILES string of the molecule is Cc1ccc(Cl)cc1N1CCN(C[C@H](O)CO[C@H]2C[C@@H](C)CC(C)(C)C2)CC1. The summed E-state index contributed by atoms with van der Waals surface area (Å²) in [4.78, 5) is 4.74. The molecule has 0 amide bonds. The van der Waals surface area contributed by atoms with Crippen molar-refractivity contribution in [2.75, 3.05) is 44.2 Å².